The van der Waals surface area contributed by atoms with E-state index in [9.17, 15) is 0 Å². The lowest BCUT2D eigenvalue weighted by atomic mass is 10.1. The predicted molar refractivity (Wildman–Crippen MR) is 31.3 cm³/mol. The van der Waals surface area contributed by atoms with Crippen molar-refractivity contribution in [1.29, 1.82) is 0 Å². The lowest BCUT2D eigenvalue weighted by Crippen LogP contribution is -2.39. The minimum absolute atomic E-state index is 0.744. The molecule has 0 spiro atoms. The van der Waals surface area contributed by atoms with Gasteiger partial charge in [0, 0.05) is 12.6 Å². The summed E-state index contributed by atoms with van der Waals surface area (Å²) in [7, 11) is 0. The van der Waals surface area contributed by atoms with Crippen molar-refractivity contribution in [2.45, 2.75) is 25.3 Å². The summed E-state index contributed by atoms with van der Waals surface area (Å²) in [6, 6.07) is 0.744. The maximum Gasteiger partial charge on any atom is 0.0333 e. The SMILES string of the molecule is C1CC2CC1C[N]N2. The van der Waals surface area contributed by atoms with E-state index in [4.69, 9.17) is 0 Å². The number of hydrogen-bond donors (Lipinski definition) is 1. The molecule has 1 heterocycles. The summed E-state index contributed by atoms with van der Waals surface area (Å²) in [5, 5.41) is 0. The maximum atomic E-state index is 4.15. The van der Waals surface area contributed by atoms with E-state index in [2.05, 4.69) is 10.9 Å². The summed E-state index contributed by atoms with van der Waals surface area (Å²) < 4.78 is 0. The van der Waals surface area contributed by atoms with Crippen LogP contribution in [0.2, 0.25) is 0 Å². The molecule has 2 rings (SSSR count). The Morgan fingerprint density at radius 1 is 1.38 bits per heavy atom. The van der Waals surface area contributed by atoms with Gasteiger partial charge in [-0.15, -0.1) is 0 Å². The van der Waals surface area contributed by atoms with E-state index in [0.717, 1.165) is 18.5 Å². The van der Waals surface area contributed by atoms with Crippen molar-refractivity contribution in [2.75, 3.05) is 6.54 Å². The van der Waals surface area contributed by atoms with Crippen molar-refractivity contribution >= 4 is 0 Å². The lowest BCUT2D eigenvalue weighted by molar-refractivity contribution is 0.331. The van der Waals surface area contributed by atoms with Gasteiger partial charge < -0.3 is 0 Å². The average Bonchev–Trinajstić information content (AvgIpc) is 2.12. The first kappa shape index (κ1) is 4.77. The highest BCUT2D eigenvalue weighted by Crippen LogP contribution is 2.26. The van der Waals surface area contributed by atoms with Crippen LogP contribution >= 0.6 is 0 Å². The number of rotatable bonds is 0. The highest BCUT2D eigenvalue weighted by molar-refractivity contribution is 4.83. The van der Waals surface area contributed by atoms with E-state index in [1.165, 1.54) is 19.3 Å². The fraction of sp³-hybridized carbons (Fsp3) is 1.00. The molecule has 0 aromatic heterocycles. The molecule has 2 unspecified atom stereocenters. The minimum atomic E-state index is 0.744. The Bertz CT molecular complexity index is 78.5. The third-order valence-electron chi connectivity index (χ3n) is 2.16. The molecule has 2 atom stereocenters. The van der Waals surface area contributed by atoms with Crippen LogP contribution in [-0.4, -0.2) is 12.6 Å². The van der Waals surface area contributed by atoms with E-state index in [1.807, 2.05) is 0 Å². The summed E-state index contributed by atoms with van der Waals surface area (Å²) in [4.78, 5) is 0. The fourth-order valence-electron chi connectivity index (χ4n) is 1.67. The van der Waals surface area contributed by atoms with Crippen molar-refractivity contribution in [3.63, 3.8) is 0 Å². The van der Waals surface area contributed by atoms with Gasteiger partial charge in [-0.3, -0.25) is 0 Å². The molecule has 8 heavy (non-hydrogen) atoms. The highest BCUT2D eigenvalue weighted by Gasteiger charge is 2.28. The monoisotopic (exact) mass is 111 g/mol. The Morgan fingerprint density at radius 2 is 2.38 bits per heavy atom. The van der Waals surface area contributed by atoms with Gasteiger partial charge in [0.25, 0.3) is 0 Å². The minimum Gasteiger partial charge on any atom is -0.237 e. The molecule has 2 nitrogen and oxygen atoms in total. The van der Waals surface area contributed by atoms with E-state index in [1.54, 1.807) is 0 Å². The first-order valence-electron chi connectivity index (χ1n) is 3.37. The molecule has 0 amide bonds. The molecule has 2 aliphatic rings. The van der Waals surface area contributed by atoms with Crippen molar-refractivity contribution in [3.05, 3.63) is 0 Å². The van der Waals surface area contributed by atoms with Gasteiger partial charge in [0.1, 0.15) is 0 Å². The Kier molecular flexibility index (Phi) is 1.02. The molecule has 0 aromatic rings. The normalized spacial score (nSPS) is 45.0. The molecule has 1 aliphatic carbocycles. The van der Waals surface area contributed by atoms with Crippen LogP contribution in [0.15, 0.2) is 0 Å². The molecule has 1 N–H and O–H groups in total. The number of fused-ring (bicyclic) bond motifs is 2. The largest absolute Gasteiger partial charge is 0.237 e. The van der Waals surface area contributed by atoms with Gasteiger partial charge in [0.2, 0.25) is 0 Å². The smallest absolute Gasteiger partial charge is 0.0333 e. The summed E-state index contributed by atoms with van der Waals surface area (Å²) in [6.45, 7) is 1.07. The van der Waals surface area contributed by atoms with Crippen LogP contribution in [0.5, 0.6) is 0 Å². The Morgan fingerprint density at radius 3 is 3.12 bits per heavy atom. The third-order valence-corrected chi connectivity index (χ3v) is 2.16. The number of nitrogens with one attached hydrogen (secondary N) is 1. The van der Waals surface area contributed by atoms with Gasteiger partial charge in [0.15, 0.2) is 0 Å². The molecular formula is C6H11N2. The van der Waals surface area contributed by atoms with Crippen LogP contribution in [0.1, 0.15) is 19.3 Å². The first-order valence-corrected chi connectivity index (χ1v) is 3.37. The molecule has 2 bridgehead atoms. The second-order valence-electron chi connectivity index (χ2n) is 2.85. The molecule has 0 aromatic carbocycles. The Labute approximate surface area is 49.6 Å². The van der Waals surface area contributed by atoms with Crippen LogP contribution in [-0.2, 0) is 0 Å². The van der Waals surface area contributed by atoms with Crippen LogP contribution < -0.4 is 10.9 Å². The molecule has 1 radical (unpaired) electrons. The van der Waals surface area contributed by atoms with E-state index in [0.29, 0.717) is 0 Å². The van der Waals surface area contributed by atoms with Crippen molar-refractivity contribution < 1.29 is 0 Å². The second-order valence-corrected chi connectivity index (χ2v) is 2.85. The summed E-state index contributed by atoms with van der Waals surface area (Å²) in [6.07, 6.45) is 4.14. The molecule has 1 saturated heterocycles. The fourth-order valence-corrected chi connectivity index (χ4v) is 1.67. The van der Waals surface area contributed by atoms with Crippen molar-refractivity contribution in [2.24, 2.45) is 5.92 Å². The summed E-state index contributed by atoms with van der Waals surface area (Å²) >= 11 is 0. The second kappa shape index (κ2) is 1.71. The molecule has 2 fully saturated rings. The average molecular weight is 111 g/mol. The Balaban J connectivity index is 2.03. The van der Waals surface area contributed by atoms with E-state index < -0.39 is 0 Å². The zero-order valence-corrected chi connectivity index (χ0v) is 4.93. The van der Waals surface area contributed by atoms with E-state index >= 15 is 0 Å². The quantitative estimate of drug-likeness (QED) is 0.477. The highest BCUT2D eigenvalue weighted by atomic mass is 15.4. The van der Waals surface area contributed by atoms with Gasteiger partial charge in [-0.05, 0) is 25.2 Å². The standard InChI is InChI=1S/C6H11N2/c1-2-6-3-5(1)4-7-8-6/h5-6,8H,1-4H2. The molecule has 1 aliphatic heterocycles. The zero-order chi connectivity index (χ0) is 5.40. The van der Waals surface area contributed by atoms with Crippen molar-refractivity contribution in [3.8, 4) is 0 Å². The van der Waals surface area contributed by atoms with Crippen molar-refractivity contribution in [1.82, 2.24) is 10.9 Å². The van der Waals surface area contributed by atoms with E-state index in [-0.39, 0.29) is 0 Å². The Hall–Kier alpha value is -0.0800. The molecule has 45 valence electrons. The van der Waals surface area contributed by atoms with Gasteiger partial charge in [-0.25, -0.2) is 5.43 Å². The predicted octanol–water partition coefficient (Wildman–Crippen LogP) is 0.278. The summed E-state index contributed by atoms with van der Waals surface area (Å²) in [5.41, 5.74) is 7.29. The van der Waals surface area contributed by atoms with Gasteiger partial charge in [-0.1, -0.05) is 0 Å². The molecule has 1 saturated carbocycles. The first-order chi connectivity index (χ1) is 3.95. The van der Waals surface area contributed by atoms with Gasteiger partial charge >= 0.3 is 0 Å². The topological polar surface area (TPSA) is 26.1 Å². The number of nitrogens with zero attached hydrogens (tertiary/aromatic N) is 1. The van der Waals surface area contributed by atoms with Gasteiger partial charge in [0.05, 0.1) is 0 Å². The van der Waals surface area contributed by atoms with Crippen LogP contribution in [0.4, 0.5) is 0 Å². The summed E-state index contributed by atoms with van der Waals surface area (Å²) in [5.74, 6) is 0.932. The lowest BCUT2D eigenvalue weighted by Gasteiger charge is -2.18. The van der Waals surface area contributed by atoms with Crippen LogP contribution in [0.3, 0.4) is 0 Å². The third kappa shape index (κ3) is 0.644. The molecule has 2 heteroatoms. The molecular weight excluding hydrogens is 100 g/mol. The van der Waals surface area contributed by atoms with Crippen LogP contribution in [0.25, 0.3) is 0 Å². The number of hydrogen-bond acceptors (Lipinski definition) is 1. The van der Waals surface area contributed by atoms with Crippen LogP contribution in [0, 0.1) is 5.92 Å². The van der Waals surface area contributed by atoms with Gasteiger partial charge in [-0.2, -0.15) is 5.43 Å². The maximum absolute atomic E-state index is 4.15. The zero-order valence-electron chi connectivity index (χ0n) is 4.93.